The molecule has 0 aliphatic rings. The number of nitrogens with zero attached hydrogens (tertiary/aromatic N) is 1. The first-order chi connectivity index (χ1) is 10.5. The van der Waals surface area contributed by atoms with Crippen molar-refractivity contribution in [1.29, 1.82) is 0 Å². The van der Waals surface area contributed by atoms with Crippen molar-refractivity contribution in [1.82, 2.24) is 5.43 Å². The SMILES string of the molecule is C/C(=N/NC(=O)COc1c(C)ccc(C)c1C)c1cccs1. The van der Waals surface area contributed by atoms with E-state index in [4.69, 9.17) is 4.74 Å². The Bertz CT molecular complexity index is 691. The molecule has 0 atom stereocenters. The fourth-order valence-electron chi connectivity index (χ4n) is 2.00. The van der Waals surface area contributed by atoms with Gasteiger partial charge in [-0.2, -0.15) is 5.10 Å². The van der Waals surface area contributed by atoms with Gasteiger partial charge in [-0.1, -0.05) is 18.2 Å². The molecule has 22 heavy (non-hydrogen) atoms. The van der Waals surface area contributed by atoms with E-state index >= 15 is 0 Å². The number of amides is 1. The van der Waals surface area contributed by atoms with E-state index in [1.54, 1.807) is 11.3 Å². The number of thiophene rings is 1. The molecule has 1 heterocycles. The largest absolute Gasteiger partial charge is 0.483 e. The molecule has 0 unspecified atom stereocenters. The Hall–Kier alpha value is -2.14. The number of hydrogen-bond donors (Lipinski definition) is 1. The molecule has 0 aliphatic carbocycles. The highest BCUT2D eigenvalue weighted by atomic mass is 32.1. The molecule has 116 valence electrons. The minimum Gasteiger partial charge on any atom is -0.483 e. The van der Waals surface area contributed by atoms with Crippen LogP contribution in [0.2, 0.25) is 0 Å². The highest BCUT2D eigenvalue weighted by Gasteiger charge is 2.09. The number of aryl methyl sites for hydroxylation is 2. The average Bonchev–Trinajstić information content (AvgIpc) is 3.03. The fraction of sp³-hybridized carbons (Fsp3) is 0.294. The van der Waals surface area contributed by atoms with Crippen LogP contribution in [-0.4, -0.2) is 18.2 Å². The van der Waals surface area contributed by atoms with Crippen molar-refractivity contribution in [2.75, 3.05) is 6.61 Å². The van der Waals surface area contributed by atoms with Crippen molar-refractivity contribution in [2.45, 2.75) is 27.7 Å². The second kappa shape index (κ2) is 7.22. The van der Waals surface area contributed by atoms with Crippen LogP contribution >= 0.6 is 11.3 Å². The third-order valence-electron chi connectivity index (χ3n) is 3.45. The van der Waals surface area contributed by atoms with Crippen LogP contribution in [0.15, 0.2) is 34.7 Å². The maximum atomic E-state index is 11.9. The summed E-state index contributed by atoms with van der Waals surface area (Å²) in [5.74, 6) is 0.505. The first-order valence-electron chi connectivity index (χ1n) is 7.05. The summed E-state index contributed by atoms with van der Waals surface area (Å²) < 4.78 is 5.65. The number of benzene rings is 1. The van der Waals surface area contributed by atoms with Crippen molar-refractivity contribution in [2.24, 2.45) is 5.10 Å². The molecule has 1 aromatic carbocycles. The van der Waals surface area contributed by atoms with Gasteiger partial charge in [0, 0.05) is 4.88 Å². The molecule has 1 aromatic heterocycles. The van der Waals surface area contributed by atoms with Gasteiger partial charge in [0.2, 0.25) is 0 Å². The number of nitrogens with one attached hydrogen (secondary N) is 1. The van der Waals surface area contributed by atoms with Gasteiger partial charge in [0.15, 0.2) is 6.61 Å². The minimum atomic E-state index is -0.267. The van der Waals surface area contributed by atoms with Crippen molar-refractivity contribution in [3.8, 4) is 5.75 Å². The van der Waals surface area contributed by atoms with Gasteiger partial charge in [0.1, 0.15) is 5.75 Å². The molecule has 0 bridgehead atoms. The van der Waals surface area contributed by atoms with Crippen LogP contribution in [0.25, 0.3) is 0 Å². The van der Waals surface area contributed by atoms with Gasteiger partial charge in [-0.15, -0.1) is 11.3 Å². The van der Waals surface area contributed by atoms with Gasteiger partial charge >= 0.3 is 0 Å². The third-order valence-corrected chi connectivity index (χ3v) is 4.43. The van der Waals surface area contributed by atoms with E-state index in [2.05, 4.69) is 10.5 Å². The summed E-state index contributed by atoms with van der Waals surface area (Å²) in [4.78, 5) is 12.9. The highest BCUT2D eigenvalue weighted by molar-refractivity contribution is 7.12. The summed E-state index contributed by atoms with van der Waals surface area (Å²) >= 11 is 1.59. The van der Waals surface area contributed by atoms with Crippen LogP contribution in [0.3, 0.4) is 0 Å². The number of carbonyl (C=O) groups is 1. The van der Waals surface area contributed by atoms with Crippen molar-refractivity contribution < 1.29 is 9.53 Å². The maximum absolute atomic E-state index is 11.9. The first kappa shape index (κ1) is 16.2. The van der Waals surface area contributed by atoms with Gasteiger partial charge in [0.25, 0.3) is 5.91 Å². The van der Waals surface area contributed by atoms with E-state index in [-0.39, 0.29) is 12.5 Å². The molecule has 0 saturated heterocycles. The molecule has 4 nitrogen and oxygen atoms in total. The van der Waals surface area contributed by atoms with Crippen LogP contribution in [0, 0.1) is 20.8 Å². The monoisotopic (exact) mass is 316 g/mol. The summed E-state index contributed by atoms with van der Waals surface area (Å²) in [6.07, 6.45) is 0. The number of carbonyl (C=O) groups excluding carboxylic acids is 1. The Kier molecular flexibility index (Phi) is 5.33. The minimum absolute atomic E-state index is 0.0493. The van der Waals surface area contributed by atoms with Crippen molar-refractivity contribution >= 4 is 23.0 Å². The smallest absolute Gasteiger partial charge is 0.277 e. The third kappa shape index (κ3) is 3.95. The summed E-state index contributed by atoms with van der Waals surface area (Å²) in [6, 6.07) is 7.96. The van der Waals surface area contributed by atoms with E-state index in [0.29, 0.717) is 0 Å². The summed E-state index contributed by atoms with van der Waals surface area (Å²) in [6.45, 7) is 7.80. The van der Waals surface area contributed by atoms with Crippen molar-refractivity contribution in [3.05, 3.63) is 51.2 Å². The molecule has 0 spiro atoms. The number of rotatable bonds is 5. The second-order valence-corrected chi connectivity index (χ2v) is 6.10. The van der Waals surface area contributed by atoms with Crippen LogP contribution in [0.5, 0.6) is 5.75 Å². The van der Waals surface area contributed by atoms with Gasteiger partial charge in [0.05, 0.1) is 5.71 Å². The number of hydrazone groups is 1. The average molecular weight is 316 g/mol. The van der Waals surface area contributed by atoms with E-state index in [1.165, 1.54) is 0 Å². The highest BCUT2D eigenvalue weighted by Crippen LogP contribution is 2.25. The van der Waals surface area contributed by atoms with Crippen molar-refractivity contribution in [3.63, 3.8) is 0 Å². The topological polar surface area (TPSA) is 50.7 Å². The maximum Gasteiger partial charge on any atom is 0.277 e. The zero-order valence-corrected chi connectivity index (χ0v) is 14.1. The van der Waals surface area contributed by atoms with Gasteiger partial charge < -0.3 is 4.74 Å². The number of hydrogen-bond acceptors (Lipinski definition) is 4. The Balaban J connectivity index is 1.94. The molecule has 0 saturated carbocycles. The molecule has 0 aliphatic heterocycles. The van der Waals surface area contributed by atoms with Gasteiger partial charge in [-0.25, -0.2) is 5.43 Å². The zero-order valence-electron chi connectivity index (χ0n) is 13.3. The molecule has 0 radical (unpaired) electrons. The molecule has 2 aromatic rings. The van der Waals surface area contributed by atoms with Crippen LogP contribution in [0.4, 0.5) is 0 Å². The lowest BCUT2D eigenvalue weighted by Gasteiger charge is -2.13. The fourth-order valence-corrected chi connectivity index (χ4v) is 2.68. The summed E-state index contributed by atoms with van der Waals surface area (Å²) in [5.41, 5.74) is 6.54. The summed E-state index contributed by atoms with van der Waals surface area (Å²) in [5, 5.41) is 6.06. The molecular weight excluding hydrogens is 296 g/mol. The molecule has 1 N–H and O–H groups in total. The normalized spacial score (nSPS) is 11.4. The standard InChI is InChI=1S/C17H20N2O2S/c1-11-7-8-12(2)17(13(11)3)21-10-16(20)19-18-14(4)15-6-5-9-22-15/h5-9H,10H2,1-4H3,(H,19,20)/b18-14-. The van der Waals surface area contributed by atoms with E-state index in [9.17, 15) is 4.79 Å². The van der Waals surface area contributed by atoms with Crippen LogP contribution in [-0.2, 0) is 4.79 Å². The quantitative estimate of drug-likeness (QED) is 0.677. The lowest BCUT2D eigenvalue weighted by molar-refractivity contribution is -0.123. The van der Waals surface area contributed by atoms with Crippen LogP contribution in [0.1, 0.15) is 28.5 Å². The van der Waals surface area contributed by atoms with Gasteiger partial charge in [-0.3, -0.25) is 4.79 Å². The van der Waals surface area contributed by atoms with E-state index in [1.807, 2.05) is 57.3 Å². The molecule has 0 fully saturated rings. The molecule has 5 heteroatoms. The lowest BCUT2D eigenvalue weighted by Crippen LogP contribution is -2.25. The number of ether oxygens (including phenoxy) is 1. The molecular formula is C17H20N2O2S. The zero-order chi connectivity index (χ0) is 16.1. The second-order valence-electron chi connectivity index (χ2n) is 5.15. The molecule has 2 rings (SSSR count). The Morgan fingerprint density at radius 1 is 1.23 bits per heavy atom. The lowest BCUT2D eigenvalue weighted by atomic mass is 10.1. The predicted molar refractivity (Wildman–Crippen MR) is 90.8 cm³/mol. The first-order valence-corrected chi connectivity index (χ1v) is 7.93. The Labute approximate surface area is 134 Å². The van der Waals surface area contributed by atoms with Gasteiger partial charge in [-0.05, 0) is 55.8 Å². The Morgan fingerprint density at radius 2 is 1.95 bits per heavy atom. The van der Waals surface area contributed by atoms with Crippen LogP contribution < -0.4 is 10.2 Å². The van der Waals surface area contributed by atoms with E-state index < -0.39 is 0 Å². The molecule has 1 amide bonds. The van der Waals surface area contributed by atoms with E-state index in [0.717, 1.165) is 33.0 Å². The Morgan fingerprint density at radius 3 is 2.64 bits per heavy atom. The predicted octanol–water partition coefficient (Wildman–Crippen LogP) is 3.59. The summed E-state index contributed by atoms with van der Waals surface area (Å²) in [7, 11) is 0.